The molecule has 0 bridgehead atoms. The Hall–Kier alpha value is -5.56. The van der Waals surface area contributed by atoms with Crippen molar-refractivity contribution in [2.45, 2.75) is 0 Å². The summed E-state index contributed by atoms with van der Waals surface area (Å²) in [7, 11) is 1.64. The van der Waals surface area contributed by atoms with Gasteiger partial charge in [0, 0.05) is 22.7 Å². The number of nitrogens with zero attached hydrogens (tertiary/aromatic N) is 5. The Kier molecular flexibility index (Phi) is 7.09. The lowest BCUT2D eigenvalue weighted by Crippen LogP contribution is -2.15. The standard InChI is InChI=1S/C33H26N6O/c1-40-31-19-11-10-18-29(31)36-33(30-21-20-24-12-8-9-17-28(24)35-30)37-34-22-26-23-39(27-15-6-3-7-16-27)38-32(26)25-13-4-2-5-14-25/h2-23H,1H3,(H,36,37)/b34-22+. The van der Waals surface area contributed by atoms with Crippen LogP contribution in [0, 0.1) is 0 Å². The number of ether oxygens (including phenoxy) is 1. The molecule has 0 aliphatic heterocycles. The van der Waals surface area contributed by atoms with Gasteiger partial charge < -0.3 is 10.1 Å². The Labute approximate surface area is 232 Å². The zero-order valence-electron chi connectivity index (χ0n) is 21.8. The first kappa shape index (κ1) is 24.8. The summed E-state index contributed by atoms with van der Waals surface area (Å²) in [6.45, 7) is 0. The molecule has 194 valence electrons. The van der Waals surface area contributed by atoms with Gasteiger partial charge in [0.25, 0.3) is 0 Å². The Morgan fingerprint density at radius 1 is 0.800 bits per heavy atom. The third-order valence-electron chi connectivity index (χ3n) is 6.37. The van der Waals surface area contributed by atoms with Crippen molar-refractivity contribution in [3.8, 4) is 22.7 Å². The Morgan fingerprint density at radius 3 is 2.35 bits per heavy atom. The van der Waals surface area contributed by atoms with E-state index in [2.05, 4.69) is 15.5 Å². The molecule has 40 heavy (non-hydrogen) atoms. The minimum absolute atomic E-state index is 0.489. The molecule has 2 aromatic heterocycles. The molecule has 4 aromatic carbocycles. The van der Waals surface area contributed by atoms with Gasteiger partial charge in [0.2, 0.25) is 0 Å². The summed E-state index contributed by atoms with van der Waals surface area (Å²) in [6, 6.07) is 39.7. The molecule has 0 aliphatic rings. The highest BCUT2D eigenvalue weighted by Crippen LogP contribution is 2.25. The zero-order valence-corrected chi connectivity index (χ0v) is 21.8. The molecule has 0 spiro atoms. The lowest BCUT2D eigenvalue weighted by atomic mass is 10.1. The number of para-hydroxylation sites is 4. The highest BCUT2D eigenvalue weighted by Gasteiger charge is 2.13. The summed E-state index contributed by atoms with van der Waals surface area (Å²) in [5.74, 6) is 1.18. The maximum atomic E-state index is 5.55. The van der Waals surface area contributed by atoms with Gasteiger partial charge >= 0.3 is 0 Å². The lowest BCUT2D eigenvalue weighted by molar-refractivity contribution is 0.417. The van der Waals surface area contributed by atoms with Crippen molar-refractivity contribution < 1.29 is 4.74 Å². The van der Waals surface area contributed by atoms with Crippen LogP contribution < -0.4 is 10.1 Å². The molecular formula is C33H26N6O. The fourth-order valence-corrected chi connectivity index (χ4v) is 4.38. The SMILES string of the molecule is COc1ccccc1N/C(=N\N=C\c1cn(-c2ccccc2)nc1-c1ccccc1)c1ccc2ccccc2n1. The van der Waals surface area contributed by atoms with Crippen molar-refractivity contribution in [2.75, 3.05) is 12.4 Å². The Balaban J connectivity index is 1.42. The van der Waals surface area contributed by atoms with Crippen LogP contribution in [0.3, 0.4) is 0 Å². The van der Waals surface area contributed by atoms with Crippen LogP contribution in [0.5, 0.6) is 5.75 Å². The van der Waals surface area contributed by atoms with Crippen molar-refractivity contribution in [1.29, 1.82) is 0 Å². The molecular weight excluding hydrogens is 496 g/mol. The van der Waals surface area contributed by atoms with Crippen molar-refractivity contribution in [3.63, 3.8) is 0 Å². The molecule has 6 aromatic rings. The predicted molar refractivity (Wildman–Crippen MR) is 161 cm³/mol. The molecule has 0 aliphatic carbocycles. The number of anilines is 1. The number of nitrogens with one attached hydrogen (secondary N) is 1. The van der Waals surface area contributed by atoms with Crippen LogP contribution in [-0.2, 0) is 0 Å². The number of amidine groups is 1. The fraction of sp³-hybridized carbons (Fsp3) is 0.0303. The minimum Gasteiger partial charge on any atom is -0.495 e. The topological polar surface area (TPSA) is 76.7 Å². The van der Waals surface area contributed by atoms with Crippen LogP contribution >= 0.6 is 0 Å². The van der Waals surface area contributed by atoms with E-state index in [0.717, 1.165) is 39.1 Å². The number of fused-ring (bicyclic) bond motifs is 1. The smallest absolute Gasteiger partial charge is 0.179 e. The first-order chi connectivity index (χ1) is 19.8. The molecule has 0 fully saturated rings. The number of pyridine rings is 1. The number of hydrogen-bond acceptors (Lipinski definition) is 5. The average Bonchev–Trinajstić information content (AvgIpc) is 3.45. The number of rotatable bonds is 7. The van der Waals surface area contributed by atoms with E-state index < -0.39 is 0 Å². The molecule has 0 radical (unpaired) electrons. The van der Waals surface area contributed by atoms with E-state index in [1.54, 1.807) is 13.3 Å². The van der Waals surface area contributed by atoms with Crippen molar-refractivity contribution in [3.05, 3.63) is 139 Å². The van der Waals surface area contributed by atoms with E-state index in [9.17, 15) is 0 Å². The molecule has 0 amide bonds. The summed E-state index contributed by atoms with van der Waals surface area (Å²) >= 11 is 0. The van der Waals surface area contributed by atoms with Crippen molar-refractivity contribution in [1.82, 2.24) is 14.8 Å². The monoisotopic (exact) mass is 522 g/mol. The summed E-state index contributed by atoms with van der Waals surface area (Å²) in [6.07, 6.45) is 3.68. The number of methoxy groups -OCH3 is 1. The molecule has 0 saturated carbocycles. The number of aromatic nitrogens is 3. The van der Waals surface area contributed by atoms with Gasteiger partial charge in [0.1, 0.15) is 17.1 Å². The van der Waals surface area contributed by atoms with Gasteiger partial charge in [-0.2, -0.15) is 10.2 Å². The largest absolute Gasteiger partial charge is 0.495 e. The number of hydrogen-bond donors (Lipinski definition) is 1. The second-order valence-corrected chi connectivity index (χ2v) is 8.99. The van der Waals surface area contributed by atoms with E-state index in [1.807, 2.05) is 132 Å². The second-order valence-electron chi connectivity index (χ2n) is 8.99. The van der Waals surface area contributed by atoms with Crippen LogP contribution in [0.25, 0.3) is 27.8 Å². The van der Waals surface area contributed by atoms with Crippen LogP contribution in [0.1, 0.15) is 11.3 Å². The third kappa shape index (κ3) is 5.35. The summed E-state index contributed by atoms with van der Waals surface area (Å²) in [4.78, 5) is 4.84. The number of benzene rings is 4. The highest BCUT2D eigenvalue weighted by molar-refractivity contribution is 6.08. The van der Waals surface area contributed by atoms with Crippen LogP contribution in [0.4, 0.5) is 5.69 Å². The molecule has 0 saturated heterocycles. The molecule has 2 heterocycles. The highest BCUT2D eigenvalue weighted by atomic mass is 16.5. The molecule has 6 rings (SSSR count). The van der Waals surface area contributed by atoms with E-state index in [4.69, 9.17) is 14.8 Å². The Bertz CT molecular complexity index is 1810. The van der Waals surface area contributed by atoms with Gasteiger partial charge in [0.15, 0.2) is 5.84 Å². The van der Waals surface area contributed by atoms with Gasteiger partial charge in [-0.3, -0.25) is 0 Å². The molecule has 7 nitrogen and oxygen atoms in total. The van der Waals surface area contributed by atoms with Gasteiger partial charge in [-0.05, 0) is 36.4 Å². The van der Waals surface area contributed by atoms with E-state index in [-0.39, 0.29) is 0 Å². The maximum Gasteiger partial charge on any atom is 0.179 e. The van der Waals surface area contributed by atoms with Crippen molar-refractivity contribution >= 4 is 28.6 Å². The summed E-state index contributed by atoms with van der Waals surface area (Å²) < 4.78 is 7.40. The quantitative estimate of drug-likeness (QED) is 0.139. The van der Waals surface area contributed by atoms with Crippen LogP contribution in [0.2, 0.25) is 0 Å². The molecule has 0 atom stereocenters. The van der Waals surface area contributed by atoms with E-state index >= 15 is 0 Å². The van der Waals surface area contributed by atoms with E-state index in [1.165, 1.54) is 0 Å². The fourth-order valence-electron chi connectivity index (χ4n) is 4.38. The van der Waals surface area contributed by atoms with Crippen LogP contribution in [0.15, 0.2) is 138 Å². The minimum atomic E-state index is 0.489. The molecule has 7 heteroatoms. The third-order valence-corrected chi connectivity index (χ3v) is 6.37. The summed E-state index contributed by atoms with van der Waals surface area (Å²) in [5, 5.41) is 18.4. The van der Waals surface area contributed by atoms with E-state index in [0.29, 0.717) is 17.3 Å². The lowest BCUT2D eigenvalue weighted by Gasteiger charge is -2.12. The van der Waals surface area contributed by atoms with Gasteiger partial charge in [-0.25, -0.2) is 9.67 Å². The second kappa shape index (κ2) is 11.4. The molecule has 0 unspecified atom stereocenters. The summed E-state index contributed by atoms with van der Waals surface area (Å²) in [5.41, 5.74) is 5.89. The average molecular weight is 523 g/mol. The van der Waals surface area contributed by atoms with Gasteiger partial charge in [-0.15, -0.1) is 5.10 Å². The predicted octanol–water partition coefficient (Wildman–Crippen LogP) is 6.99. The zero-order chi connectivity index (χ0) is 27.1. The van der Waals surface area contributed by atoms with Gasteiger partial charge in [-0.1, -0.05) is 84.9 Å². The maximum absolute atomic E-state index is 5.55. The Morgan fingerprint density at radius 2 is 1.52 bits per heavy atom. The van der Waals surface area contributed by atoms with Crippen LogP contribution in [-0.4, -0.2) is 33.9 Å². The normalized spacial score (nSPS) is 11.7. The first-order valence-electron chi connectivity index (χ1n) is 12.9. The molecule has 1 N–H and O–H groups in total. The first-order valence-corrected chi connectivity index (χ1v) is 12.9. The van der Waals surface area contributed by atoms with Crippen molar-refractivity contribution in [2.24, 2.45) is 10.2 Å². The van der Waals surface area contributed by atoms with Gasteiger partial charge in [0.05, 0.1) is 30.2 Å².